The van der Waals surface area contributed by atoms with Crippen LogP contribution in [0.3, 0.4) is 0 Å². The number of nitrogen functional groups attached to an aromatic ring is 1. The summed E-state index contributed by atoms with van der Waals surface area (Å²) in [5.41, 5.74) is 9.75. The second kappa shape index (κ2) is 8.30. The number of carbonyl (C=O) groups excluding carboxylic acids is 2. The first-order valence-corrected chi connectivity index (χ1v) is 8.76. The summed E-state index contributed by atoms with van der Waals surface area (Å²) in [6, 6.07) is 14.9. The summed E-state index contributed by atoms with van der Waals surface area (Å²) in [5, 5.41) is 5.38. The Kier molecular flexibility index (Phi) is 5.64. The quantitative estimate of drug-likeness (QED) is 0.634. The van der Waals surface area contributed by atoms with Crippen LogP contribution in [0.4, 0.5) is 5.82 Å². The van der Waals surface area contributed by atoms with Gasteiger partial charge in [0.1, 0.15) is 0 Å². The van der Waals surface area contributed by atoms with Gasteiger partial charge in [-0.05, 0) is 24.6 Å². The zero-order valence-corrected chi connectivity index (χ0v) is 15.7. The third-order valence-corrected chi connectivity index (χ3v) is 4.26. The maximum Gasteiger partial charge on any atom is 0.273 e. The molecule has 0 fully saturated rings. The number of hydrogen-bond acceptors (Lipinski definition) is 5. The van der Waals surface area contributed by atoms with Crippen molar-refractivity contribution >= 4 is 17.6 Å². The fourth-order valence-electron chi connectivity index (χ4n) is 2.61. The molecule has 0 radical (unpaired) electrons. The zero-order chi connectivity index (χ0) is 20.1. The highest BCUT2D eigenvalue weighted by Gasteiger charge is 2.13. The number of aromatic nitrogens is 2. The van der Waals surface area contributed by atoms with E-state index in [1.807, 2.05) is 31.2 Å². The fourth-order valence-corrected chi connectivity index (χ4v) is 2.61. The van der Waals surface area contributed by atoms with Crippen molar-refractivity contribution in [1.82, 2.24) is 20.6 Å². The smallest absolute Gasteiger partial charge is 0.273 e. The minimum Gasteiger partial charge on any atom is -0.382 e. The number of nitrogens with one attached hydrogen (secondary N) is 2. The van der Waals surface area contributed by atoms with Gasteiger partial charge in [-0.2, -0.15) is 0 Å². The molecule has 0 aliphatic carbocycles. The van der Waals surface area contributed by atoms with Crippen LogP contribution in [0.1, 0.15) is 32.0 Å². The van der Waals surface area contributed by atoms with Crippen LogP contribution in [0.15, 0.2) is 54.7 Å². The summed E-state index contributed by atoms with van der Waals surface area (Å²) in [5.74, 6) is -0.504. The van der Waals surface area contributed by atoms with Gasteiger partial charge in [0.2, 0.25) is 0 Å². The first kappa shape index (κ1) is 19.0. The van der Waals surface area contributed by atoms with E-state index in [0.717, 1.165) is 11.1 Å². The molecule has 0 atom stereocenters. The average Bonchev–Trinajstić information content (AvgIpc) is 2.73. The van der Waals surface area contributed by atoms with Crippen LogP contribution in [-0.4, -0.2) is 28.8 Å². The molecule has 7 heteroatoms. The SMILES string of the molecule is CNC(=O)c1nc(-c2ccc(C(=O)NCc3ccc(C)cc3)cc2)cnc1N. The minimum absolute atomic E-state index is 0.0650. The number of anilines is 1. The molecular weight excluding hydrogens is 354 g/mol. The summed E-state index contributed by atoms with van der Waals surface area (Å²) in [6.45, 7) is 2.48. The van der Waals surface area contributed by atoms with E-state index in [0.29, 0.717) is 17.8 Å². The van der Waals surface area contributed by atoms with Crippen LogP contribution in [0.25, 0.3) is 11.3 Å². The fraction of sp³-hybridized carbons (Fsp3) is 0.143. The number of aryl methyl sites for hydroxylation is 1. The topological polar surface area (TPSA) is 110 Å². The lowest BCUT2D eigenvalue weighted by molar-refractivity contribution is 0.0946. The third-order valence-electron chi connectivity index (χ3n) is 4.26. The lowest BCUT2D eigenvalue weighted by Gasteiger charge is -2.08. The van der Waals surface area contributed by atoms with Gasteiger partial charge in [-0.1, -0.05) is 42.0 Å². The Hall–Kier alpha value is -3.74. The molecule has 0 spiro atoms. The van der Waals surface area contributed by atoms with E-state index >= 15 is 0 Å². The predicted octanol–water partition coefficient (Wildman–Crippen LogP) is 2.32. The Morgan fingerprint density at radius 2 is 1.68 bits per heavy atom. The highest BCUT2D eigenvalue weighted by atomic mass is 16.2. The number of hydrogen-bond donors (Lipinski definition) is 3. The van der Waals surface area contributed by atoms with Crippen LogP contribution in [-0.2, 0) is 6.54 Å². The predicted molar refractivity (Wildman–Crippen MR) is 108 cm³/mol. The van der Waals surface area contributed by atoms with Gasteiger partial charge in [-0.25, -0.2) is 9.97 Å². The number of carbonyl (C=O) groups is 2. The van der Waals surface area contributed by atoms with Gasteiger partial charge in [0, 0.05) is 24.7 Å². The van der Waals surface area contributed by atoms with Crippen LogP contribution in [0.2, 0.25) is 0 Å². The maximum atomic E-state index is 12.4. The average molecular weight is 375 g/mol. The second-order valence-electron chi connectivity index (χ2n) is 6.31. The van der Waals surface area contributed by atoms with Crippen molar-refractivity contribution in [2.24, 2.45) is 0 Å². The molecule has 142 valence electrons. The van der Waals surface area contributed by atoms with E-state index < -0.39 is 5.91 Å². The zero-order valence-electron chi connectivity index (χ0n) is 15.7. The molecule has 3 aromatic rings. The van der Waals surface area contributed by atoms with Gasteiger partial charge in [0.15, 0.2) is 11.5 Å². The van der Waals surface area contributed by atoms with E-state index in [-0.39, 0.29) is 17.4 Å². The highest BCUT2D eigenvalue weighted by molar-refractivity contribution is 5.97. The number of rotatable bonds is 5. The number of nitrogens with zero attached hydrogens (tertiary/aromatic N) is 2. The molecule has 4 N–H and O–H groups in total. The number of amides is 2. The molecule has 3 rings (SSSR count). The summed E-state index contributed by atoms with van der Waals surface area (Å²) in [4.78, 5) is 32.5. The van der Waals surface area contributed by atoms with Crippen LogP contribution in [0, 0.1) is 6.92 Å². The summed E-state index contributed by atoms with van der Waals surface area (Å²) in [6.07, 6.45) is 1.49. The Labute approximate surface area is 163 Å². The van der Waals surface area contributed by atoms with E-state index in [1.54, 1.807) is 24.3 Å². The molecule has 2 aromatic carbocycles. The molecule has 0 unspecified atom stereocenters. The summed E-state index contributed by atoms with van der Waals surface area (Å²) in [7, 11) is 1.50. The van der Waals surface area contributed by atoms with Crippen molar-refractivity contribution in [2.45, 2.75) is 13.5 Å². The van der Waals surface area contributed by atoms with Crippen molar-refractivity contribution in [3.8, 4) is 11.3 Å². The van der Waals surface area contributed by atoms with E-state index in [1.165, 1.54) is 18.8 Å². The molecule has 0 saturated carbocycles. The highest BCUT2D eigenvalue weighted by Crippen LogP contribution is 2.19. The minimum atomic E-state index is -0.404. The monoisotopic (exact) mass is 375 g/mol. The Morgan fingerprint density at radius 1 is 1.00 bits per heavy atom. The molecule has 0 bridgehead atoms. The largest absolute Gasteiger partial charge is 0.382 e. The first-order chi connectivity index (χ1) is 13.5. The lowest BCUT2D eigenvalue weighted by Crippen LogP contribution is -2.22. The van der Waals surface area contributed by atoms with Gasteiger partial charge in [0.25, 0.3) is 11.8 Å². The van der Waals surface area contributed by atoms with Crippen molar-refractivity contribution in [1.29, 1.82) is 0 Å². The molecule has 0 aliphatic heterocycles. The van der Waals surface area contributed by atoms with E-state index in [4.69, 9.17) is 5.73 Å². The van der Waals surface area contributed by atoms with Crippen molar-refractivity contribution in [3.05, 3.63) is 77.1 Å². The standard InChI is InChI=1S/C21H21N5O2/c1-13-3-5-14(6-4-13)11-25-20(27)16-9-7-15(8-10-16)17-12-24-19(22)18(26-17)21(28)23-2/h3-10,12H,11H2,1-2H3,(H2,22,24)(H,23,28)(H,25,27). The molecule has 2 amide bonds. The molecular formula is C21H21N5O2. The molecule has 1 aromatic heterocycles. The van der Waals surface area contributed by atoms with E-state index in [2.05, 4.69) is 20.6 Å². The van der Waals surface area contributed by atoms with Crippen molar-refractivity contribution in [3.63, 3.8) is 0 Å². The molecule has 28 heavy (non-hydrogen) atoms. The second-order valence-corrected chi connectivity index (χ2v) is 6.31. The van der Waals surface area contributed by atoms with Crippen molar-refractivity contribution in [2.75, 3.05) is 12.8 Å². The Balaban J connectivity index is 1.71. The Bertz CT molecular complexity index is 998. The van der Waals surface area contributed by atoms with Crippen LogP contribution in [0.5, 0.6) is 0 Å². The van der Waals surface area contributed by atoms with Gasteiger partial charge < -0.3 is 16.4 Å². The third kappa shape index (κ3) is 4.32. The summed E-state index contributed by atoms with van der Waals surface area (Å²) >= 11 is 0. The van der Waals surface area contributed by atoms with E-state index in [9.17, 15) is 9.59 Å². The van der Waals surface area contributed by atoms with Gasteiger partial charge in [-0.15, -0.1) is 0 Å². The van der Waals surface area contributed by atoms with Gasteiger partial charge in [0.05, 0.1) is 11.9 Å². The number of nitrogens with two attached hydrogens (primary N) is 1. The van der Waals surface area contributed by atoms with Gasteiger partial charge >= 0.3 is 0 Å². The molecule has 1 heterocycles. The summed E-state index contributed by atoms with van der Waals surface area (Å²) < 4.78 is 0. The normalized spacial score (nSPS) is 10.4. The lowest BCUT2D eigenvalue weighted by atomic mass is 10.1. The van der Waals surface area contributed by atoms with Crippen molar-refractivity contribution < 1.29 is 9.59 Å². The molecule has 0 aliphatic rings. The van der Waals surface area contributed by atoms with Crippen LogP contribution < -0.4 is 16.4 Å². The molecule has 7 nitrogen and oxygen atoms in total. The first-order valence-electron chi connectivity index (χ1n) is 8.76. The number of benzene rings is 2. The van der Waals surface area contributed by atoms with Gasteiger partial charge in [-0.3, -0.25) is 9.59 Å². The molecule has 0 saturated heterocycles. The maximum absolute atomic E-state index is 12.4. The Morgan fingerprint density at radius 3 is 2.32 bits per heavy atom. The van der Waals surface area contributed by atoms with Crippen LogP contribution >= 0.6 is 0 Å².